The van der Waals surface area contributed by atoms with Crippen LogP contribution < -0.4 is 11.1 Å². The van der Waals surface area contributed by atoms with Gasteiger partial charge >= 0.3 is 0 Å². The molecule has 20 heavy (non-hydrogen) atoms. The highest BCUT2D eigenvalue weighted by Crippen LogP contribution is 2.11. The van der Waals surface area contributed by atoms with E-state index in [1.54, 1.807) is 0 Å². The highest BCUT2D eigenvalue weighted by molar-refractivity contribution is 7.99. The number of hydrogen-bond donors (Lipinski definition) is 2. The first-order valence-electron chi connectivity index (χ1n) is 7.35. The number of rotatable bonds is 8. The van der Waals surface area contributed by atoms with Crippen LogP contribution in [0.25, 0.3) is 0 Å². The molecule has 1 rings (SSSR count). The fraction of sp³-hybridized carbons (Fsp3) is 0.562. The minimum absolute atomic E-state index is 0.507. The van der Waals surface area contributed by atoms with Crippen LogP contribution in [-0.4, -0.2) is 24.0 Å². The summed E-state index contributed by atoms with van der Waals surface area (Å²) in [7, 11) is 0. The molecule has 3 N–H and O–H groups in total. The molecule has 0 bridgehead atoms. The van der Waals surface area contributed by atoms with Crippen LogP contribution in [0.3, 0.4) is 0 Å². The van der Waals surface area contributed by atoms with Crippen molar-refractivity contribution >= 4 is 23.4 Å². The Bertz CT molecular complexity index is 416. The third-order valence-corrected chi connectivity index (χ3v) is 4.27. The number of aliphatic imine (C=N–C) groups is 1. The normalized spacial score (nSPS) is 11.9. The second kappa shape index (κ2) is 9.70. The molecule has 0 saturated carbocycles. The van der Waals surface area contributed by atoms with E-state index in [1.165, 1.54) is 11.3 Å². The molecule has 0 atom stereocenters. The first-order valence-corrected chi connectivity index (χ1v) is 8.51. The number of nitrogens with one attached hydrogen (secondary N) is 1. The summed E-state index contributed by atoms with van der Waals surface area (Å²) in [6.45, 7) is 7.43. The van der Waals surface area contributed by atoms with Gasteiger partial charge in [-0.25, -0.2) is 0 Å². The highest BCUT2D eigenvalue weighted by atomic mass is 32.2. The molecule has 1 aromatic rings. The lowest BCUT2D eigenvalue weighted by Crippen LogP contribution is -2.23. The van der Waals surface area contributed by atoms with Gasteiger partial charge < -0.3 is 11.1 Å². The molecule has 4 heteroatoms. The van der Waals surface area contributed by atoms with E-state index >= 15 is 0 Å². The number of hydrogen-bond acceptors (Lipinski definition) is 2. The first kappa shape index (κ1) is 16.9. The molecule has 0 radical (unpaired) electrons. The molecule has 1 aromatic carbocycles. The van der Waals surface area contributed by atoms with Crippen molar-refractivity contribution in [2.24, 2.45) is 16.6 Å². The minimum Gasteiger partial charge on any atom is -0.370 e. The van der Waals surface area contributed by atoms with Crippen molar-refractivity contribution in [1.82, 2.24) is 0 Å². The molecule has 0 aromatic heterocycles. The highest BCUT2D eigenvalue weighted by Gasteiger charge is 1.97. The van der Waals surface area contributed by atoms with Gasteiger partial charge in [0.15, 0.2) is 5.96 Å². The standard InChI is InChI=1S/C16H27N3S/c1-4-14-7-5-8-15(11-14)19-16(17)18-9-6-10-20-12-13(2)3/h5,7-8,11,13H,4,6,9-10,12H2,1-3H3,(H3,17,18,19). The Hall–Kier alpha value is -1.16. The summed E-state index contributed by atoms with van der Waals surface area (Å²) in [4.78, 5) is 4.36. The second-order valence-corrected chi connectivity index (χ2v) is 6.42. The van der Waals surface area contributed by atoms with E-state index in [4.69, 9.17) is 5.73 Å². The topological polar surface area (TPSA) is 50.4 Å². The van der Waals surface area contributed by atoms with E-state index < -0.39 is 0 Å². The van der Waals surface area contributed by atoms with Gasteiger partial charge in [0.2, 0.25) is 0 Å². The predicted molar refractivity (Wildman–Crippen MR) is 92.7 cm³/mol. The number of guanidine groups is 1. The summed E-state index contributed by atoms with van der Waals surface area (Å²) >= 11 is 1.99. The van der Waals surface area contributed by atoms with Crippen LogP contribution in [0.1, 0.15) is 32.8 Å². The molecule has 3 nitrogen and oxygen atoms in total. The van der Waals surface area contributed by atoms with Gasteiger partial charge in [-0.2, -0.15) is 11.8 Å². The van der Waals surface area contributed by atoms with Crippen LogP contribution in [0.2, 0.25) is 0 Å². The Labute approximate surface area is 127 Å². The number of thioether (sulfide) groups is 1. The summed E-state index contributed by atoms with van der Waals surface area (Å²) in [6, 6.07) is 8.28. The van der Waals surface area contributed by atoms with Gasteiger partial charge in [-0.3, -0.25) is 4.99 Å². The van der Waals surface area contributed by atoms with Crippen molar-refractivity contribution in [3.8, 4) is 0 Å². The average molecular weight is 293 g/mol. The number of aryl methyl sites for hydroxylation is 1. The van der Waals surface area contributed by atoms with Gasteiger partial charge in [-0.05, 0) is 48.0 Å². The Morgan fingerprint density at radius 2 is 2.20 bits per heavy atom. The molecule has 0 amide bonds. The third-order valence-electron chi connectivity index (χ3n) is 2.79. The van der Waals surface area contributed by atoms with Crippen molar-refractivity contribution in [2.45, 2.75) is 33.6 Å². The quantitative estimate of drug-likeness (QED) is 0.436. The van der Waals surface area contributed by atoms with Crippen LogP contribution in [0.4, 0.5) is 5.69 Å². The summed E-state index contributed by atoms with van der Waals surface area (Å²) in [6.07, 6.45) is 2.11. The molecule has 0 fully saturated rings. The van der Waals surface area contributed by atoms with E-state index in [0.717, 1.165) is 36.7 Å². The lowest BCUT2D eigenvalue weighted by molar-refractivity contribution is 0.749. The van der Waals surface area contributed by atoms with Crippen LogP contribution >= 0.6 is 11.8 Å². The van der Waals surface area contributed by atoms with Crippen molar-refractivity contribution in [3.05, 3.63) is 29.8 Å². The monoisotopic (exact) mass is 293 g/mol. The van der Waals surface area contributed by atoms with Gasteiger partial charge in [0, 0.05) is 12.2 Å². The molecule has 0 saturated heterocycles. The van der Waals surface area contributed by atoms with Gasteiger partial charge in [0.1, 0.15) is 0 Å². The van der Waals surface area contributed by atoms with Crippen molar-refractivity contribution in [2.75, 3.05) is 23.4 Å². The van der Waals surface area contributed by atoms with Crippen molar-refractivity contribution in [1.29, 1.82) is 0 Å². The Kier molecular flexibility index (Phi) is 8.19. The van der Waals surface area contributed by atoms with Gasteiger partial charge in [-0.1, -0.05) is 32.9 Å². The van der Waals surface area contributed by atoms with Gasteiger partial charge in [-0.15, -0.1) is 0 Å². The fourth-order valence-corrected chi connectivity index (χ4v) is 2.71. The molecular formula is C16H27N3S. The number of benzene rings is 1. The Balaban J connectivity index is 2.27. The minimum atomic E-state index is 0.507. The molecule has 0 aliphatic carbocycles. The molecule has 0 heterocycles. The molecule has 0 aliphatic rings. The summed E-state index contributed by atoms with van der Waals surface area (Å²) < 4.78 is 0. The van der Waals surface area contributed by atoms with Gasteiger partial charge in [0.05, 0.1) is 0 Å². The number of nitrogens with two attached hydrogens (primary N) is 1. The van der Waals surface area contributed by atoms with Gasteiger partial charge in [0.25, 0.3) is 0 Å². The maximum absolute atomic E-state index is 5.89. The lowest BCUT2D eigenvalue weighted by atomic mass is 10.1. The van der Waals surface area contributed by atoms with E-state index in [1.807, 2.05) is 23.9 Å². The fourth-order valence-electron chi connectivity index (χ4n) is 1.74. The molecule has 0 aliphatic heterocycles. The zero-order chi connectivity index (χ0) is 14.8. The predicted octanol–water partition coefficient (Wildman–Crippen LogP) is 3.75. The maximum Gasteiger partial charge on any atom is 0.193 e. The summed E-state index contributed by atoms with van der Waals surface area (Å²) in [5.41, 5.74) is 8.20. The van der Waals surface area contributed by atoms with Crippen molar-refractivity contribution in [3.63, 3.8) is 0 Å². The zero-order valence-electron chi connectivity index (χ0n) is 12.9. The lowest BCUT2D eigenvalue weighted by Gasteiger charge is -2.07. The summed E-state index contributed by atoms with van der Waals surface area (Å²) in [5.74, 6) is 3.65. The van der Waals surface area contributed by atoms with E-state index in [9.17, 15) is 0 Å². The molecule has 112 valence electrons. The van der Waals surface area contributed by atoms with Crippen LogP contribution in [0, 0.1) is 5.92 Å². The Morgan fingerprint density at radius 3 is 2.90 bits per heavy atom. The third kappa shape index (κ3) is 7.43. The molecular weight excluding hydrogens is 266 g/mol. The van der Waals surface area contributed by atoms with E-state index in [2.05, 4.69) is 43.2 Å². The average Bonchev–Trinajstić information content (AvgIpc) is 2.42. The zero-order valence-corrected chi connectivity index (χ0v) is 13.7. The summed E-state index contributed by atoms with van der Waals surface area (Å²) in [5, 5.41) is 3.15. The van der Waals surface area contributed by atoms with Crippen molar-refractivity contribution < 1.29 is 0 Å². The Morgan fingerprint density at radius 1 is 1.40 bits per heavy atom. The SMILES string of the molecule is CCc1cccc(NC(N)=NCCCSCC(C)C)c1. The maximum atomic E-state index is 5.89. The smallest absolute Gasteiger partial charge is 0.193 e. The molecule has 0 unspecified atom stereocenters. The van der Waals surface area contributed by atoms with E-state index in [0.29, 0.717) is 5.96 Å². The van der Waals surface area contributed by atoms with Crippen LogP contribution in [0.5, 0.6) is 0 Å². The number of anilines is 1. The largest absolute Gasteiger partial charge is 0.370 e. The van der Waals surface area contributed by atoms with Crippen LogP contribution in [0.15, 0.2) is 29.3 Å². The molecule has 0 spiro atoms. The first-order chi connectivity index (χ1) is 9.61. The number of nitrogens with zero attached hydrogens (tertiary/aromatic N) is 1. The van der Waals surface area contributed by atoms with E-state index in [-0.39, 0.29) is 0 Å². The second-order valence-electron chi connectivity index (χ2n) is 5.27. The van der Waals surface area contributed by atoms with Crippen LogP contribution in [-0.2, 0) is 6.42 Å².